The molecule has 1 aromatic carbocycles. The number of fused-ring (bicyclic) bond motifs is 1. The Kier molecular flexibility index (Phi) is 8.77. The van der Waals surface area contributed by atoms with Gasteiger partial charge in [0.25, 0.3) is 11.8 Å². The minimum Gasteiger partial charge on any atom is -0.490 e. The van der Waals surface area contributed by atoms with Gasteiger partial charge in [-0.25, -0.2) is 4.52 Å². The predicted octanol–water partition coefficient (Wildman–Crippen LogP) is 5.72. The maximum atomic E-state index is 13.2. The van der Waals surface area contributed by atoms with E-state index >= 15 is 0 Å². The van der Waals surface area contributed by atoms with Crippen molar-refractivity contribution >= 4 is 17.3 Å². The second kappa shape index (κ2) is 13.1. The Balaban J connectivity index is 1.08. The van der Waals surface area contributed by atoms with Crippen molar-refractivity contribution in [1.29, 1.82) is 0 Å². The highest BCUT2D eigenvalue weighted by Crippen LogP contribution is 2.32. The number of pyridine rings is 2. The molecule has 4 aromatic rings. The minimum atomic E-state index is -0.843. The monoisotopic (exact) mass is 610 g/mol. The van der Waals surface area contributed by atoms with E-state index in [-0.39, 0.29) is 36.6 Å². The first-order chi connectivity index (χ1) is 21.8. The zero-order chi connectivity index (χ0) is 31.4. The number of nitroso groups, excluding NO2 is 1. The first-order valence-electron chi connectivity index (χ1n) is 15.6. The van der Waals surface area contributed by atoms with E-state index in [1.165, 1.54) is 0 Å². The molecule has 6 rings (SSSR count). The molecule has 3 heterocycles. The second-order valence-electron chi connectivity index (χ2n) is 12.6. The van der Waals surface area contributed by atoms with E-state index in [2.05, 4.69) is 25.9 Å². The molecule has 2 saturated carbocycles. The number of hydrogen-bond donors (Lipinski definition) is 2. The predicted molar refractivity (Wildman–Crippen MR) is 169 cm³/mol. The quantitative estimate of drug-likeness (QED) is 0.207. The summed E-state index contributed by atoms with van der Waals surface area (Å²) in [6.07, 6.45) is 12.8. The van der Waals surface area contributed by atoms with E-state index in [4.69, 9.17) is 9.47 Å². The number of ether oxygens (including phenoxy) is 2. The maximum Gasteiger partial charge on any atom is 0.255 e. The van der Waals surface area contributed by atoms with Crippen molar-refractivity contribution in [2.24, 2.45) is 5.18 Å². The van der Waals surface area contributed by atoms with E-state index in [1.807, 2.05) is 30.3 Å². The molecule has 3 aromatic heterocycles. The number of amides is 2. The fraction of sp³-hybridized carbons (Fsp3) is 0.412. The lowest BCUT2D eigenvalue weighted by Crippen LogP contribution is -2.40. The van der Waals surface area contributed by atoms with Crippen LogP contribution in [-0.4, -0.2) is 56.7 Å². The molecular weight excluding hydrogens is 572 g/mol. The summed E-state index contributed by atoms with van der Waals surface area (Å²) >= 11 is 0. The number of nitrogens with zero attached hydrogens (tertiary/aromatic N) is 4. The van der Waals surface area contributed by atoms with E-state index < -0.39 is 5.54 Å². The topological polar surface area (TPSA) is 136 Å². The molecular formula is C34H38N6O5. The second-order valence-corrected chi connectivity index (χ2v) is 12.6. The number of nitrogens with one attached hydrogen (secondary N) is 2. The minimum absolute atomic E-state index is 0.00362. The molecule has 2 aliphatic carbocycles. The molecule has 0 aliphatic heterocycles. The first-order valence-corrected chi connectivity index (χ1v) is 15.6. The summed E-state index contributed by atoms with van der Waals surface area (Å²) in [5.74, 6) is 0.805. The maximum absolute atomic E-state index is 13.2. The third-order valence-electron chi connectivity index (χ3n) is 8.54. The van der Waals surface area contributed by atoms with Crippen LogP contribution in [0.5, 0.6) is 11.5 Å². The average Bonchev–Trinajstić information content (AvgIpc) is 3.47. The summed E-state index contributed by atoms with van der Waals surface area (Å²) in [5, 5.41) is 13.7. The van der Waals surface area contributed by atoms with Crippen LogP contribution >= 0.6 is 0 Å². The SMILES string of the molecule is CC(C)(COc1ccc2c(C(=O)NC3CCC(Oc4cc(-c5cccnc5)ccc4C(=O)NC4CCC4)CC3)cnn2c1)N=O. The van der Waals surface area contributed by atoms with Crippen molar-refractivity contribution in [2.45, 2.75) is 82.5 Å². The Morgan fingerprint density at radius 1 is 0.933 bits per heavy atom. The lowest BCUT2D eigenvalue weighted by atomic mass is 9.92. The number of hydrogen-bond acceptors (Lipinski definition) is 8. The van der Waals surface area contributed by atoms with Gasteiger partial charge in [-0.1, -0.05) is 17.3 Å². The van der Waals surface area contributed by atoms with Crippen molar-refractivity contribution < 1.29 is 19.1 Å². The Hall–Kier alpha value is -4.80. The molecule has 0 unspecified atom stereocenters. The van der Waals surface area contributed by atoms with Gasteiger partial charge in [-0.05, 0) is 94.7 Å². The molecule has 2 amide bonds. The molecule has 0 radical (unpaired) electrons. The van der Waals surface area contributed by atoms with E-state index in [0.29, 0.717) is 28.1 Å². The molecule has 45 heavy (non-hydrogen) atoms. The molecule has 0 spiro atoms. The summed E-state index contributed by atoms with van der Waals surface area (Å²) in [4.78, 5) is 41.6. The van der Waals surface area contributed by atoms with Gasteiger partial charge in [-0.15, -0.1) is 0 Å². The van der Waals surface area contributed by atoms with Crippen LogP contribution in [0, 0.1) is 4.91 Å². The van der Waals surface area contributed by atoms with Gasteiger partial charge in [-0.2, -0.15) is 10.0 Å². The van der Waals surface area contributed by atoms with Gasteiger partial charge in [0, 0.05) is 30.0 Å². The van der Waals surface area contributed by atoms with Gasteiger partial charge in [-0.3, -0.25) is 14.6 Å². The molecule has 234 valence electrons. The number of benzene rings is 1. The average molecular weight is 611 g/mol. The molecule has 2 N–H and O–H groups in total. The van der Waals surface area contributed by atoms with Crippen LogP contribution in [0.15, 0.2) is 72.4 Å². The normalized spacial score (nSPS) is 18.5. The smallest absolute Gasteiger partial charge is 0.255 e. The number of carbonyl (C=O) groups excluding carboxylic acids is 2. The standard InChI is InChI=1S/C34H38N6O5/c1-34(2,39-43)21-44-27-13-15-30-29(19-36-40(30)20-27)33(42)38-25-9-11-26(12-10-25)45-31-17-22(23-5-4-16-35-18-23)8-14-28(31)32(41)37-24-6-3-7-24/h4-5,8,13-20,24-26H,3,6-7,9-12,21H2,1-2H3,(H,37,41)(H,38,42). The summed E-state index contributed by atoms with van der Waals surface area (Å²) in [6, 6.07) is 13.3. The van der Waals surface area contributed by atoms with Crippen LogP contribution < -0.4 is 20.1 Å². The molecule has 0 atom stereocenters. The van der Waals surface area contributed by atoms with Crippen LogP contribution in [0.1, 0.15) is 79.5 Å². The Morgan fingerprint density at radius 3 is 2.38 bits per heavy atom. The van der Waals surface area contributed by atoms with Gasteiger partial charge in [0.05, 0.1) is 35.1 Å². The van der Waals surface area contributed by atoms with E-state index in [9.17, 15) is 14.5 Å². The molecule has 11 nitrogen and oxygen atoms in total. The fourth-order valence-electron chi connectivity index (χ4n) is 5.62. The van der Waals surface area contributed by atoms with Crippen LogP contribution in [0.2, 0.25) is 0 Å². The molecule has 0 saturated heterocycles. The highest BCUT2D eigenvalue weighted by molar-refractivity contribution is 6.00. The van der Waals surface area contributed by atoms with Crippen LogP contribution in [-0.2, 0) is 0 Å². The van der Waals surface area contributed by atoms with Gasteiger partial charge in [0.15, 0.2) is 0 Å². The largest absolute Gasteiger partial charge is 0.490 e. The third-order valence-corrected chi connectivity index (χ3v) is 8.54. The highest BCUT2D eigenvalue weighted by atomic mass is 16.5. The van der Waals surface area contributed by atoms with Crippen molar-refractivity contribution in [3.8, 4) is 22.6 Å². The zero-order valence-electron chi connectivity index (χ0n) is 25.6. The van der Waals surface area contributed by atoms with Crippen molar-refractivity contribution in [2.75, 3.05) is 6.61 Å². The Bertz CT molecular complexity index is 1680. The fourth-order valence-corrected chi connectivity index (χ4v) is 5.62. The van der Waals surface area contributed by atoms with Crippen LogP contribution in [0.25, 0.3) is 16.6 Å². The van der Waals surface area contributed by atoms with Gasteiger partial charge < -0.3 is 20.1 Å². The lowest BCUT2D eigenvalue weighted by molar-refractivity contribution is 0.0871. The molecule has 2 aliphatic rings. The summed E-state index contributed by atoms with van der Waals surface area (Å²) in [6.45, 7) is 3.53. The van der Waals surface area contributed by atoms with Gasteiger partial charge in [0.2, 0.25) is 0 Å². The highest BCUT2D eigenvalue weighted by Gasteiger charge is 2.28. The number of carbonyl (C=O) groups is 2. The van der Waals surface area contributed by atoms with E-state index in [1.54, 1.807) is 55.3 Å². The Morgan fingerprint density at radius 2 is 1.69 bits per heavy atom. The van der Waals surface area contributed by atoms with Crippen LogP contribution in [0.3, 0.4) is 0 Å². The molecule has 0 bridgehead atoms. The zero-order valence-corrected chi connectivity index (χ0v) is 25.6. The third kappa shape index (κ3) is 7.13. The van der Waals surface area contributed by atoms with Gasteiger partial charge >= 0.3 is 0 Å². The molecule has 2 fully saturated rings. The number of rotatable bonds is 11. The van der Waals surface area contributed by atoms with Crippen molar-refractivity contribution in [3.63, 3.8) is 0 Å². The van der Waals surface area contributed by atoms with Crippen molar-refractivity contribution in [3.05, 3.63) is 83.3 Å². The summed E-state index contributed by atoms with van der Waals surface area (Å²) < 4.78 is 13.8. The lowest BCUT2D eigenvalue weighted by Gasteiger charge is -2.30. The summed E-state index contributed by atoms with van der Waals surface area (Å²) in [7, 11) is 0. The summed E-state index contributed by atoms with van der Waals surface area (Å²) in [5.41, 5.74) is 2.72. The Labute approximate surface area is 261 Å². The number of aromatic nitrogens is 3. The molecule has 11 heteroatoms. The van der Waals surface area contributed by atoms with Crippen LogP contribution in [0.4, 0.5) is 0 Å². The van der Waals surface area contributed by atoms with Gasteiger partial charge in [0.1, 0.15) is 23.6 Å². The first kappa shape index (κ1) is 30.2. The van der Waals surface area contributed by atoms with E-state index in [0.717, 1.165) is 56.1 Å². The van der Waals surface area contributed by atoms with Crippen molar-refractivity contribution in [1.82, 2.24) is 25.2 Å².